The molecule has 2 atom stereocenters. The van der Waals surface area contributed by atoms with Crippen LogP contribution in [-0.2, 0) is 22.6 Å². The van der Waals surface area contributed by atoms with E-state index in [9.17, 15) is 14.4 Å². The molecule has 2 amide bonds. The quantitative estimate of drug-likeness (QED) is 0.474. The first kappa shape index (κ1) is 25.3. The van der Waals surface area contributed by atoms with Gasteiger partial charge in [0.15, 0.2) is 0 Å². The van der Waals surface area contributed by atoms with Gasteiger partial charge < -0.3 is 16.0 Å². The molecule has 1 aromatic heterocycles. The van der Waals surface area contributed by atoms with Crippen LogP contribution >= 0.6 is 0 Å². The zero-order valence-corrected chi connectivity index (χ0v) is 21.2. The van der Waals surface area contributed by atoms with Gasteiger partial charge in [0, 0.05) is 5.56 Å². The summed E-state index contributed by atoms with van der Waals surface area (Å²) in [6.07, 6.45) is 4.19. The van der Waals surface area contributed by atoms with Gasteiger partial charge in [-0.15, -0.1) is 0 Å². The van der Waals surface area contributed by atoms with Crippen LogP contribution in [0, 0.1) is 13.8 Å². The van der Waals surface area contributed by atoms with Gasteiger partial charge in [-0.3, -0.25) is 19.0 Å². The molecular formula is C28H33N5O3. The lowest BCUT2D eigenvalue weighted by atomic mass is 9.88. The number of carbonyl (C=O) groups excluding carboxylic acids is 2. The average molecular weight is 488 g/mol. The molecule has 0 saturated heterocycles. The van der Waals surface area contributed by atoms with E-state index in [1.807, 2.05) is 50.2 Å². The van der Waals surface area contributed by atoms with Crippen molar-refractivity contribution in [2.45, 2.75) is 58.7 Å². The van der Waals surface area contributed by atoms with Gasteiger partial charge in [-0.25, -0.2) is 4.98 Å². The Labute approximate surface area is 211 Å². The number of amides is 2. The molecule has 0 spiro atoms. The second-order valence-electron chi connectivity index (χ2n) is 9.42. The molecule has 0 saturated carbocycles. The molecule has 1 heterocycles. The highest BCUT2D eigenvalue weighted by Crippen LogP contribution is 2.29. The Kier molecular flexibility index (Phi) is 7.64. The van der Waals surface area contributed by atoms with Crippen molar-refractivity contribution in [1.29, 1.82) is 0 Å². The summed E-state index contributed by atoms with van der Waals surface area (Å²) in [5, 5.41) is 8.61. The van der Waals surface area contributed by atoms with E-state index in [0.717, 1.165) is 41.5 Å². The maximum Gasteiger partial charge on any atom is 0.278 e. The molecule has 0 aliphatic heterocycles. The van der Waals surface area contributed by atoms with Gasteiger partial charge >= 0.3 is 0 Å². The second kappa shape index (κ2) is 10.9. The van der Waals surface area contributed by atoms with Gasteiger partial charge in [0.1, 0.15) is 18.1 Å². The summed E-state index contributed by atoms with van der Waals surface area (Å²) in [7, 11) is 1.66. The topological polar surface area (TPSA) is 105 Å². The molecule has 1 aliphatic rings. The van der Waals surface area contributed by atoms with Crippen molar-refractivity contribution in [2.75, 3.05) is 12.4 Å². The summed E-state index contributed by atoms with van der Waals surface area (Å²) in [5.74, 6) is -0.250. The normalized spacial score (nSPS) is 15.6. The number of aryl methyl sites for hydroxylation is 3. The minimum Gasteiger partial charge on any atom is -0.348 e. The monoisotopic (exact) mass is 487 g/mol. The number of rotatable bonds is 7. The van der Waals surface area contributed by atoms with E-state index in [2.05, 4.69) is 27.0 Å². The maximum absolute atomic E-state index is 13.5. The lowest BCUT2D eigenvalue weighted by Gasteiger charge is -2.26. The van der Waals surface area contributed by atoms with E-state index in [1.54, 1.807) is 14.0 Å². The van der Waals surface area contributed by atoms with Crippen molar-refractivity contribution in [3.05, 3.63) is 81.3 Å². The fourth-order valence-electron chi connectivity index (χ4n) is 4.66. The second-order valence-corrected chi connectivity index (χ2v) is 9.42. The van der Waals surface area contributed by atoms with Gasteiger partial charge in [-0.2, -0.15) is 0 Å². The third-order valence-corrected chi connectivity index (χ3v) is 6.76. The largest absolute Gasteiger partial charge is 0.348 e. The van der Waals surface area contributed by atoms with Crippen LogP contribution in [0.25, 0.3) is 11.4 Å². The van der Waals surface area contributed by atoms with E-state index >= 15 is 0 Å². The molecule has 2 aromatic carbocycles. The summed E-state index contributed by atoms with van der Waals surface area (Å²) >= 11 is 0. The third kappa shape index (κ3) is 5.39. The first-order valence-corrected chi connectivity index (χ1v) is 12.3. The van der Waals surface area contributed by atoms with E-state index in [-0.39, 0.29) is 30.1 Å². The van der Waals surface area contributed by atoms with Crippen LogP contribution in [0.4, 0.5) is 5.69 Å². The van der Waals surface area contributed by atoms with Crippen molar-refractivity contribution in [2.24, 2.45) is 0 Å². The number of likely N-dealkylation sites (N-methyl/N-ethyl adjacent to an activating group) is 1. The highest BCUT2D eigenvalue weighted by molar-refractivity contribution is 5.94. The van der Waals surface area contributed by atoms with Gasteiger partial charge in [0.2, 0.25) is 11.8 Å². The number of benzene rings is 2. The highest BCUT2D eigenvalue weighted by atomic mass is 16.2. The standard InChI is InChI=1S/C28H33N5O3/c1-17-12-13-21(18(2)14-17)26-30-15-24(32-27(35)19(3)29-4)28(36)33(26)16-25(34)31-23-11-7-9-20-8-5-6-10-22(20)23/h5-6,8,10,12-15,19,23,29H,7,9,11,16H2,1-4H3,(H,31,34)(H,32,35). The minimum absolute atomic E-state index is 0.0337. The van der Waals surface area contributed by atoms with Crippen LogP contribution in [0.1, 0.15) is 48.1 Å². The van der Waals surface area contributed by atoms with Crippen LogP contribution in [0.5, 0.6) is 0 Å². The number of nitrogens with zero attached hydrogens (tertiary/aromatic N) is 2. The Morgan fingerprint density at radius 3 is 2.69 bits per heavy atom. The first-order chi connectivity index (χ1) is 17.3. The molecule has 2 unspecified atom stereocenters. The number of anilines is 1. The Morgan fingerprint density at radius 1 is 1.17 bits per heavy atom. The van der Waals surface area contributed by atoms with Gasteiger partial charge in [0.25, 0.3) is 5.56 Å². The predicted octanol–water partition coefficient (Wildman–Crippen LogP) is 3.27. The number of hydrogen-bond donors (Lipinski definition) is 3. The van der Waals surface area contributed by atoms with Crippen molar-refractivity contribution in [1.82, 2.24) is 20.2 Å². The average Bonchev–Trinajstić information content (AvgIpc) is 2.86. The summed E-state index contributed by atoms with van der Waals surface area (Å²) in [4.78, 5) is 43.7. The van der Waals surface area contributed by atoms with Crippen LogP contribution in [0.2, 0.25) is 0 Å². The van der Waals surface area contributed by atoms with E-state index in [1.165, 1.54) is 16.3 Å². The lowest BCUT2D eigenvalue weighted by Crippen LogP contribution is -2.40. The van der Waals surface area contributed by atoms with Crippen LogP contribution in [-0.4, -0.2) is 34.5 Å². The van der Waals surface area contributed by atoms with Crippen molar-refractivity contribution >= 4 is 17.5 Å². The number of nitrogens with one attached hydrogen (secondary N) is 3. The third-order valence-electron chi connectivity index (χ3n) is 6.76. The molecule has 0 bridgehead atoms. The molecule has 8 nitrogen and oxygen atoms in total. The van der Waals surface area contributed by atoms with E-state index < -0.39 is 11.6 Å². The van der Waals surface area contributed by atoms with E-state index in [0.29, 0.717) is 5.82 Å². The fraction of sp³-hybridized carbons (Fsp3) is 0.357. The Balaban J connectivity index is 1.68. The SMILES string of the molecule is CNC(C)C(=O)Nc1cnc(-c2ccc(C)cc2C)n(CC(=O)NC2CCCc3ccccc32)c1=O. The van der Waals surface area contributed by atoms with Gasteiger partial charge in [0.05, 0.1) is 18.3 Å². The summed E-state index contributed by atoms with van der Waals surface area (Å²) < 4.78 is 1.35. The van der Waals surface area contributed by atoms with Crippen LogP contribution in [0.15, 0.2) is 53.5 Å². The maximum atomic E-state index is 13.5. The Morgan fingerprint density at radius 2 is 1.94 bits per heavy atom. The minimum atomic E-state index is -0.494. The predicted molar refractivity (Wildman–Crippen MR) is 141 cm³/mol. The molecule has 188 valence electrons. The molecular weight excluding hydrogens is 454 g/mol. The molecule has 36 heavy (non-hydrogen) atoms. The molecule has 0 radical (unpaired) electrons. The molecule has 3 N–H and O–H groups in total. The van der Waals surface area contributed by atoms with Gasteiger partial charge in [-0.1, -0.05) is 48.0 Å². The smallest absolute Gasteiger partial charge is 0.278 e. The van der Waals surface area contributed by atoms with Crippen molar-refractivity contribution in [3.8, 4) is 11.4 Å². The van der Waals surface area contributed by atoms with E-state index in [4.69, 9.17) is 0 Å². The Hall–Kier alpha value is -3.78. The number of carbonyl (C=O) groups is 2. The molecule has 3 aromatic rings. The molecule has 4 rings (SSSR count). The summed E-state index contributed by atoms with van der Waals surface area (Å²) in [5.41, 5.74) is 4.71. The first-order valence-electron chi connectivity index (χ1n) is 12.3. The van der Waals surface area contributed by atoms with Crippen molar-refractivity contribution < 1.29 is 9.59 Å². The van der Waals surface area contributed by atoms with Crippen LogP contribution < -0.4 is 21.5 Å². The zero-order chi connectivity index (χ0) is 25.8. The van der Waals surface area contributed by atoms with Crippen molar-refractivity contribution in [3.63, 3.8) is 0 Å². The molecule has 1 aliphatic carbocycles. The molecule has 8 heteroatoms. The van der Waals surface area contributed by atoms with Crippen LogP contribution in [0.3, 0.4) is 0 Å². The van der Waals surface area contributed by atoms with Gasteiger partial charge in [-0.05, 0) is 63.8 Å². The summed E-state index contributed by atoms with van der Waals surface area (Å²) in [6.45, 7) is 5.43. The highest BCUT2D eigenvalue weighted by Gasteiger charge is 2.23. The zero-order valence-electron chi connectivity index (χ0n) is 21.2. The number of fused-ring (bicyclic) bond motifs is 1. The Bertz CT molecular complexity index is 1350. The number of aromatic nitrogens is 2. The number of hydrogen-bond acceptors (Lipinski definition) is 5. The molecule has 0 fully saturated rings. The summed E-state index contributed by atoms with van der Waals surface area (Å²) in [6, 6.07) is 13.4. The fourth-order valence-corrected chi connectivity index (χ4v) is 4.66. The lowest BCUT2D eigenvalue weighted by molar-refractivity contribution is -0.122.